The van der Waals surface area contributed by atoms with Gasteiger partial charge in [-0.1, -0.05) is 33.6 Å². The molecule has 0 aromatic heterocycles. The Hall–Kier alpha value is -0.570. The van der Waals surface area contributed by atoms with Gasteiger partial charge in [-0.05, 0) is 26.2 Å². The average Bonchev–Trinajstić information content (AvgIpc) is 2.36. The van der Waals surface area contributed by atoms with Crippen molar-refractivity contribution in [3.63, 3.8) is 0 Å². The fraction of sp³-hybridized carbons (Fsp3) is 0.933. The molecule has 1 atom stereocenters. The number of piperidine rings is 1. The second kappa shape index (κ2) is 7.78. The summed E-state index contributed by atoms with van der Waals surface area (Å²) < 4.78 is 0. The smallest absolute Gasteiger partial charge is 0.225 e. The van der Waals surface area contributed by atoms with Crippen LogP contribution in [0.3, 0.4) is 0 Å². The Kier molecular flexibility index (Phi) is 6.69. The molecule has 0 bridgehead atoms. The molecular formula is C15H30N2O. The normalized spacial score (nSPS) is 19.3. The lowest BCUT2D eigenvalue weighted by Gasteiger charge is -2.34. The number of nitrogens with one attached hydrogen (secondary N) is 1. The molecule has 0 saturated carbocycles. The summed E-state index contributed by atoms with van der Waals surface area (Å²) in [5.74, 6) is 0.450. The summed E-state index contributed by atoms with van der Waals surface area (Å²) in [6.07, 6.45) is 6.05. The Balaban J connectivity index is 2.25. The minimum atomic E-state index is 0.137. The highest BCUT2D eigenvalue weighted by Crippen LogP contribution is 2.14. The zero-order valence-electron chi connectivity index (χ0n) is 12.5. The predicted octanol–water partition coefficient (Wildman–Crippen LogP) is 2.80. The summed E-state index contributed by atoms with van der Waals surface area (Å²) in [6, 6.07) is 1.22. The number of amides is 1. The van der Waals surface area contributed by atoms with Gasteiger partial charge < -0.3 is 10.2 Å². The summed E-state index contributed by atoms with van der Waals surface area (Å²) in [5.41, 5.74) is 0. The monoisotopic (exact) mass is 254 g/mol. The van der Waals surface area contributed by atoms with Gasteiger partial charge in [0.15, 0.2) is 0 Å². The lowest BCUT2D eigenvalue weighted by atomic mass is 10.0. The van der Waals surface area contributed by atoms with E-state index in [0.29, 0.717) is 18.0 Å². The molecule has 1 aliphatic heterocycles. The van der Waals surface area contributed by atoms with Gasteiger partial charge in [-0.25, -0.2) is 0 Å². The third-order valence-corrected chi connectivity index (χ3v) is 3.81. The van der Waals surface area contributed by atoms with Gasteiger partial charge in [0.05, 0.1) is 0 Å². The molecular weight excluding hydrogens is 224 g/mol. The first kappa shape index (κ1) is 15.5. The quantitative estimate of drug-likeness (QED) is 0.790. The van der Waals surface area contributed by atoms with E-state index in [1.165, 1.54) is 19.3 Å². The molecule has 106 valence electrons. The largest absolute Gasteiger partial charge is 0.342 e. The molecule has 0 aromatic rings. The van der Waals surface area contributed by atoms with Gasteiger partial charge in [-0.2, -0.15) is 0 Å². The van der Waals surface area contributed by atoms with Crippen molar-refractivity contribution in [1.82, 2.24) is 10.2 Å². The van der Waals surface area contributed by atoms with Crippen LogP contribution >= 0.6 is 0 Å². The molecule has 3 heteroatoms. The Morgan fingerprint density at radius 3 is 2.39 bits per heavy atom. The van der Waals surface area contributed by atoms with Crippen molar-refractivity contribution in [2.75, 3.05) is 13.1 Å². The average molecular weight is 254 g/mol. The topological polar surface area (TPSA) is 32.3 Å². The first-order valence-electron chi connectivity index (χ1n) is 7.59. The van der Waals surface area contributed by atoms with E-state index >= 15 is 0 Å². The minimum absolute atomic E-state index is 0.137. The Labute approximate surface area is 112 Å². The molecule has 1 saturated heterocycles. The fourth-order valence-electron chi connectivity index (χ4n) is 2.63. The van der Waals surface area contributed by atoms with Gasteiger partial charge in [-0.3, -0.25) is 4.79 Å². The molecule has 0 aliphatic carbocycles. The van der Waals surface area contributed by atoms with Crippen molar-refractivity contribution < 1.29 is 4.79 Å². The number of carbonyl (C=O) groups is 1. The van der Waals surface area contributed by atoms with Gasteiger partial charge in [0.2, 0.25) is 5.91 Å². The van der Waals surface area contributed by atoms with Crippen molar-refractivity contribution in [1.29, 1.82) is 0 Å². The van der Waals surface area contributed by atoms with Crippen LogP contribution in [0, 0.1) is 5.92 Å². The molecule has 1 aliphatic rings. The number of hydrogen-bond donors (Lipinski definition) is 1. The first-order chi connectivity index (χ1) is 8.54. The molecule has 1 rings (SSSR count). The Morgan fingerprint density at radius 2 is 1.89 bits per heavy atom. The van der Waals surface area contributed by atoms with Gasteiger partial charge in [0.25, 0.3) is 0 Å². The Morgan fingerprint density at radius 1 is 1.28 bits per heavy atom. The lowest BCUT2D eigenvalue weighted by Crippen LogP contribution is -2.48. The first-order valence-corrected chi connectivity index (χ1v) is 7.59. The van der Waals surface area contributed by atoms with E-state index in [-0.39, 0.29) is 5.92 Å². The van der Waals surface area contributed by atoms with Crippen molar-refractivity contribution in [2.24, 2.45) is 5.92 Å². The second-order valence-corrected chi connectivity index (χ2v) is 5.96. The fourth-order valence-corrected chi connectivity index (χ4v) is 2.63. The van der Waals surface area contributed by atoms with Crippen LogP contribution in [0.1, 0.15) is 59.8 Å². The number of nitrogens with zero attached hydrogens (tertiary/aromatic N) is 1. The molecule has 1 amide bonds. The van der Waals surface area contributed by atoms with E-state index in [4.69, 9.17) is 0 Å². The summed E-state index contributed by atoms with van der Waals surface area (Å²) in [4.78, 5) is 13.9. The molecule has 1 heterocycles. The van der Waals surface area contributed by atoms with Crippen LogP contribution in [0.5, 0.6) is 0 Å². The predicted molar refractivity (Wildman–Crippen MR) is 76.6 cm³/mol. The number of likely N-dealkylation sites (tertiary alicyclic amines) is 1. The molecule has 1 fully saturated rings. The van der Waals surface area contributed by atoms with Gasteiger partial charge in [0.1, 0.15) is 0 Å². The van der Waals surface area contributed by atoms with E-state index in [1.807, 2.05) is 18.7 Å². The highest BCUT2D eigenvalue weighted by Gasteiger charge is 2.24. The molecule has 0 radical (unpaired) electrons. The standard InChI is InChI=1S/C15H30N2O/c1-5-6-7-13(4)16-14-8-10-17(11-9-14)15(18)12(2)3/h12-14,16H,5-11H2,1-4H3. The van der Waals surface area contributed by atoms with E-state index < -0.39 is 0 Å². The van der Waals surface area contributed by atoms with Gasteiger partial charge >= 0.3 is 0 Å². The number of rotatable bonds is 6. The molecule has 0 spiro atoms. The third-order valence-electron chi connectivity index (χ3n) is 3.81. The van der Waals surface area contributed by atoms with Crippen LogP contribution < -0.4 is 5.32 Å². The van der Waals surface area contributed by atoms with Crippen LogP contribution in [0.15, 0.2) is 0 Å². The second-order valence-electron chi connectivity index (χ2n) is 5.96. The lowest BCUT2D eigenvalue weighted by molar-refractivity contribution is -0.135. The molecule has 0 aromatic carbocycles. The van der Waals surface area contributed by atoms with Crippen molar-refractivity contribution in [2.45, 2.75) is 71.9 Å². The Bertz CT molecular complexity index is 245. The maximum Gasteiger partial charge on any atom is 0.225 e. The zero-order valence-corrected chi connectivity index (χ0v) is 12.5. The van der Waals surface area contributed by atoms with E-state index in [0.717, 1.165) is 25.9 Å². The van der Waals surface area contributed by atoms with Crippen LogP contribution in [-0.2, 0) is 4.79 Å². The molecule has 1 N–H and O–H groups in total. The summed E-state index contributed by atoms with van der Waals surface area (Å²) >= 11 is 0. The third kappa shape index (κ3) is 4.97. The van der Waals surface area contributed by atoms with Crippen LogP contribution in [0.25, 0.3) is 0 Å². The van der Waals surface area contributed by atoms with Crippen molar-refractivity contribution in [3.05, 3.63) is 0 Å². The summed E-state index contributed by atoms with van der Waals surface area (Å²) in [7, 11) is 0. The van der Waals surface area contributed by atoms with Crippen molar-refractivity contribution >= 4 is 5.91 Å². The summed E-state index contributed by atoms with van der Waals surface area (Å²) in [5, 5.41) is 3.70. The van der Waals surface area contributed by atoms with E-state index in [1.54, 1.807) is 0 Å². The highest BCUT2D eigenvalue weighted by atomic mass is 16.2. The number of unbranched alkanes of at least 4 members (excludes halogenated alkanes) is 1. The SMILES string of the molecule is CCCCC(C)NC1CCN(C(=O)C(C)C)CC1. The van der Waals surface area contributed by atoms with Crippen LogP contribution in [-0.4, -0.2) is 36.0 Å². The van der Waals surface area contributed by atoms with E-state index in [9.17, 15) is 4.79 Å². The molecule has 3 nitrogen and oxygen atoms in total. The van der Waals surface area contributed by atoms with Gasteiger partial charge in [0, 0.05) is 31.1 Å². The van der Waals surface area contributed by atoms with Crippen LogP contribution in [0.2, 0.25) is 0 Å². The maximum absolute atomic E-state index is 11.9. The van der Waals surface area contributed by atoms with Gasteiger partial charge in [-0.15, -0.1) is 0 Å². The summed E-state index contributed by atoms with van der Waals surface area (Å²) in [6.45, 7) is 10.3. The van der Waals surface area contributed by atoms with Crippen LogP contribution in [0.4, 0.5) is 0 Å². The minimum Gasteiger partial charge on any atom is -0.342 e. The van der Waals surface area contributed by atoms with Crippen molar-refractivity contribution in [3.8, 4) is 0 Å². The maximum atomic E-state index is 11.9. The number of hydrogen-bond acceptors (Lipinski definition) is 2. The zero-order chi connectivity index (χ0) is 13.5. The highest BCUT2D eigenvalue weighted by molar-refractivity contribution is 5.78. The molecule has 1 unspecified atom stereocenters. The number of carbonyl (C=O) groups excluding carboxylic acids is 1. The van der Waals surface area contributed by atoms with E-state index in [2.05, 4.69) is 19.2 Å². The molecule has 18 heavy (non-hydrogen) atoms.